The lowest BCUT2D eigenvalue weighted by molar-refractivity contribution is -0.136. The van der Waals surface area contributed by atoms with Crippen LogP contribution in [0.25, 0.3) is 0 Å². The highest BCUT2D eigenvalue weighted by Crippen LogP contribution is 2.16. The normalized spacial score (nSPS) is 10.1. The number of anilines is 1. The standard InChI is InChI=1S/C21H22N2O5/c1-14-4-5-15(2)18(10-14)22-19(25)11-23(3)20(26)13-28-21(27)17-8-6-16(12-24)7-9-17/h4-10,12H,11,13H2,1-3H3,(H,22,25). The summed E-state index contributed by atoms with van der Waals surface area (Å²) in [6, 6.07) is 11.6. The van der Waals surface area contributed by atoms with Crippen LogP contribution in [0.15, 0.2) is 42.5 Å². The Morgan fingerprint density at radius 1 is 1.07 bits per heavy atom. The minimum atomic E-state index is -0.681. The molecule has 2 rings (SSSR count). The zero-order chi connectivity index (χ0) is 20.7. The Morgan fingerprint density at radius 3 is 2.39 bits per heavy atom. The maximum atomic E-state index is 12.2. The second-order valence-electron chi connectivity index (χ2n) is 6.43. The lowest BCUT2D eigenvalue weighted by Gasteiger charge is -2.17. The molecule has 0 saturated heterocycles. The molecule has 28 heavy (non-hydrogen) atoms. The van der Waals surface area contributed by atoms with E-state index in [1.165, 1.54) is 36.2 Å². The second kappa shape index (κ2) is 9.45. The summed E-state index contributed by atoms with van der Waals surface area (Å²) in [6.45, 7) is 3.15. The van der Waals surface area contributed by atoms with Gasteiger partial charge in [0, 0.05) is 18.3 Å². The summed E-state index contributed by atoms with van der Waals surface area (Å²) in [5, 5.41) is 2.77. The average Bonchev–Trinajstić information content (AvgIpc) is 2.68. The van der Waals surface area contributed by atoms with E-state index in [1.54, 1.807) is 0 Å². The third-order valence-electron chi connectivity index (χ3n) is 4.08. The van der Waals surface area contributed by atoms with Crippen LogP contribution in [0.4, 0.5) is 5.69 Å². The van der Waals surface area contributed by atoms with Crippen molar-refractivity contribution in [3.8, 4) is 0 Å². The lowest BCUT2D eigenvalue weighted by Crippen LogP contribution is -2.37. The molecular weight excluding hydrogens is 360 g/mol. The van der Waals surface area contributed by atoms with Gasteiger partial charge >= 0.3 is 5.97 Å². The summed E-state index contributed by atoms with van der Waals surface area (Å²) in [5.41, 5.74) is 3.29. The highest BCUT2D eigenvalue weighted by molar-refractivity contribution is 5.96. The van der Waals surface area contributed by atoms with Gasteiger partial charge in [0.2, 0.25) is 5.91 Å². The lowest BCUT2D eigenvalue weighted by atomic mass is 10.1. The van der Waals surface area contributed by atoms with Crippen LogP contribution in [0.3, 0.4) is 0 Å². The van der Waals surface area contributed by atoms with Crippen molar-refractivity contribution in [3.05, 3.63) is 64.7 Å². The number of aldehydes is 1. The number of carbonyl (C=O) groups is 4. The molecule has 0 atom stereocenters. The number of amides is 2. The molecule has 0 saturated carbocycles. The summed E-state index contributed by atoms with van der Waals surface area (Å²) >= 11 is 0. The monoisotopic (exact) mass is 382 g/mol. The molecule has 0 fully saturated rings. The molecule has 0 aliphatic rings. The number of hydrogen-bond donors (Lipinski definition) is 1. The Labute approximate surface area is 163 Å². The summed E-state index contributed by atoms with van der Waals surface area (Å²) < 4.78 is 4.97. The molecule has 0 spiro atoms. The van der Waals surface area contributed by atoms with Crippen LogP contribution < -0.4 is 5.32 Å². The number of rotatable bonds is 7. The Balaban J connectivity index is 1.84. The van der Waals surface area contributed by atoms with Gasteiger partial charge < -0.3 is 15.0 Å². The van der Waals surface area contributed by atoms with Gasteiger partial charge in [0.05, 0.1) is 12.1 Å². The predicted octanol–water partition coefficient (Wildman–Crippen LogP) is 2.37. The first-order valence-corrected chi connectivity index (χ1v) is 8.63. The summed E-state index contributed by atoms with van der Waals surface area (Å²) in [7, 11) is 1.46. The molecule has 2 aromatic carbocycles. The molecule has 0 heterocycles. The maximum Gasteiger partial charge on any atom is 0.338 e. The highest BCUT2D eigenvalue weighted by Gasteiger charge is 2.16. The number of carbonyl (C=O) groups excluding carboxylic acids is 4. The van der Waals surface area contributed by atoms with Crippen molar-refractivity contribution >= 4 is 29.8 Å². The molecule has 2 amide bonds. The van der Waals surface area contributed by atoms with E-state index >= 15 is 0 Å². The number of ether oxygens (including phenoxy) is 1. The molecule has 0 aliphatic heterocycles. The number of likely N-dealkylation sites (N-methyl/N-ethyl adjacent to an activating group) is 1. The van der Waals surface area contributed by atoms with Crippen LogP contribution in [0.1, 0.15) is 31.8 Å². The van der Waals surface area contributed by atoms with E-state index in [0.29, 0.717) is 17.5 Å². The fourth-order valence-electron chi connectivity index (χ4n) is 2.38. The number of nitrogens with zero attached hydrogens (tertiary/aromatic N) is 1. The summed E-state index contributed by atoms with van der Waals surface area (Å²) in [4.78, 5) is 48.0. The Morgan fingerprint density at radius 2 is 1.75 bits per heavy atom. The molecule has 0 bridgehead atoms. The minimum Gasteiger partial charge on any atom is -0.452 e. The van der Waals surface area contributed by atoms with Crippen molar-refractivity contribution in [2.45, 2.75) is 13.8 Å². The SMILES string of the molecule is Cc1ccc(C)c(NC(=O)CN(C)C(=O)COC(=O)c2ccc(C=O)cc2)c1. The molecule has 7 nitrogen and oxygen atoms in total. The maximum absolute atomic E-state index is 12.2. The predicted molar refractivity (Wildman–Crippen MR) is 104 cm³/mol. The molecule has 2 aromatic rings. The second-order valence-corrected chi connectivity index (χ2v) is 6.43. The Hall–Kier alpha value is -3.48. The molecule has 0 aliphatic carbocycles. The highest BCUT2D eigenvalue weighted by atomic mass is 16.5. The molecule has 1 N–H and O–H groups in total. The van der Waals surface area contributed by atoms with Gasteiger partial charge in [-0.1, -0.05) is 24.3 Å². The van der Waals surface area contributed by atoms with E-state index in [0.717, 1.165) is 11.1 Å². The molecule has 0 unspecified atom stereocenters. The minimum absolute atomic E-state index is 0.169. The number of esters is 1. The number of nitrogens with one attached hydrogen (secondary N) is 1. The third kappa shape index (κ3) is 5.77. The largest absolute Gasteiger partial charge is 0.452 e. The number of aryl methyl sites for hydroxylation is 2. The number of benzene rings is 2. The van der Waals surface area contributed by atoms with Gasteiger partial charge in [-0.15, -0.1) is 0 Å². The molecule has 146 valence electrons. The van der Waals surface area contributed by atoms with E-state index in [2.05, 4.69) is 5.32 Å². The fourth-order valence-corrected chi connectivity index (χ4v) is 2.38. The molecule has 0 radical (unpaired) electrons. The van der Waals surface area contributed by atoms with Crippen LogP contribution in [0, 0.1) is 13.8 Å². The van der Waals surface area contributed by atoms with Crippen LogP contribution in [-0.2, 0) is 14.3 Å². The Bertz CT molecular complexity index is 890. The zero-order valence-corrected chi connectivity index (χ0v) is 16.0. The summed E-state index contributed by atoms with van der Waals surface area (Å²) in [6.07, 6.45) is 0.664. The van der Waals surface area contributed by atoms with Crippen molar-refractivity contribution < 1.29 is 23.9 Å². The van der Waals surface area contributed by atoms with Crippen molar-refractivity contribution in [1.82, 2.24) is 4.90 Å². The van der Waals surface area contributed by atoms with Crippen molar-refractivity contribution in [2.24, 2.45) is 0 Å². The quantitative estimate of drug-likeness (QED) is 0.586. The van der Waals surface area contributed by atoms with Crippen molar-refractivity contribution in [1.29, 1.82) is 0 Å². The van der Waals surface area contributed by atoms with Gasteiger partial charge in [-0.3, -0.25) is 14.4 Å². The van der Waals surface area contributed by atoms with E-state index in [-0.39, 0.29) is 18.0 Å². The Kier molecular flexibility index (Phi) is 7.03. The fraction of sp³-hybridized carbons (Fsp3) is 0.238. The van der Waals surface area contributed by atoms with Crippen molar-refractivity contribution in [3.63, 3.8) is 0 Å². The molecule has 7 heteroatoms. The van der Waals surface area contributed by atoms with E-state index < -0.39 is 18.5 Å². The van der Waals surface area contributed by atoms with E-state index in [4.69, 9.17) is 4.74 Å². The topological polar surface area (TPSA) is 92.8 Å². The van der Waals surface area contributed by atoms with Crippen molar-refractivity contribution in [2.75, 3.05) is 25.5 Å². The molecule has 0 aromatic heterocycles. The van der Waals surface area contributed by atoms with Gasteiger partial charge in [-0.25, -0.2) is 4.79 Å². The van der Waals surface area contributed by atoms with Crippen LogP contribution >= 0.6 is 0 Å². The van der Waals surface area contributed by atoms with Gasteiger partial charge in [0.25, 0.3) is 5.91 Å². The van der Waals surface area contributed by atoms with E-state index in [9.17, 15) is 19.2 Å². The van der Waals surface area contributed by atoms with Gasteiger partial charge in [-0.2, -0.15) is 0 Å². The van der Waals surface area contributed by atoms with E-state index in [1.807, 2.05) is 32.0 Å². The summed E-state index contributed by atoms with van der Waals surface area (Å²) in [5.74, 6) is -1.53. The van der Waals surface area contributed by atoms with Crippen LogP contribution in [0.5, 0.6) is 0 Å². The average molecular weight is 382 g/mol. The third-order valence-corrected chi connectivity index (χ3v) is 4.08. The van der Waals surface area contributed by atoms with Gasteiger partial charge in [-0.05, 0) is 43.2 Å². The number of hydrogen-bond acceptors (Lipinski definition) is 5. The van der Waals surface area contributed by atoms with Crippen LogP contribution in [-0.4, -0.2) is 49.2 Å². The van der Waals surface area contributed by atoms with Crippen LogP contribution in [0.2, 0.25) is 0 Å². The zero-order valence-electron chi connectivity index (χ0n) is 16.0. The molecular formula is C21H22N2O5. The smallest absolute Gasteiger partial charge is 0.338 e. The van der Waals surface area contributed by atoms with Gasteiger partial charge in [0.15, 0.2) is 6.61 Å². The first-order valence-electron chi connectivity index (χ1n) is 8.63. The first-order chi connectivity index (χ1) is 13.3. The first kappa shape index (κ1) is 20.8. The van der Waals surface area contributed by atoms with Gasteiger partial charge in [0.1, 0.15) is 6.29 Å².